The van der Waals surface area contributed by atoms with E-state index in [2.05, 4.69) is 9.88 Å². The van der Waals surface area contributed by atoms with Crippen molar-refractivity contribution < 1.29 is 13.2 Å². The summed E-state index contributed by atoms with van der Waals surface area (Å²) in [6.07, 6.45) is 1.42. The first-order chi connectivity index (χ1) is 18.2. The van der Waals surface area contributed by atoms with Gasteiger partial charge in [-0.25, -0.2) is 8.42 Å². The fourth-order valence-electron chi connectivity index (χ4n) is 4.71. The molecule has 5 rings (SSSR count). The van der Waals surface area contributed by atoms with Gasteiger partial charge in [-0.2, -0.15) is 0 Å². The van der Waals surface area contributed by atoms with E-state index in [0.717, 1.165) is 16.8 Å². The molecular weight excluding hydrogens is 500 g/mol. The number of anilines is 2. The fourth-order valence-corrected chi connectivity index (χ4v) is 5.93. The van der Waals surface area contributed by atoms with Crippen LogP contribution in [-0.2, 0) is 10.0 Å². The Morgan fingerprint density at radius 3 is 2.29 bits per heavy atom. The largest absolute Gasteiger partial charge is 0.368 e. The van der Waals surface area contributed by atoms with Crippen molar-refractivity contribution in [1.29, 1.82) is 0 Å². The summed E-state index contributed by atoms with van der Waals surface area (Å²) >= 11 is 0. The molecule has 0 saturated carbocycles. The van der Waals surface area contributed by atoms with Crippen molar-refractivity contribution in [2.24, 2.45) is 0 Å². The Bertz CT molecular complexity index is 1670. The zero-order valence-corrected chi connectivity index (χ0v) is 22.5. The first kappa shape index (κ1) is 25.5. The van der Waals surface area contributed by atoms with Crippen LogP contribution in [0.25, 0.3) is 10.9 Å². The molecule has 2 heterocycles. The summed E-state index contributed by atoms with van der Waals surface area (Å²) in [5.41, 5.74) is 3.65. The summed E-state index contributed by atoms with van der Waals surface area (Å²) in [6, 6.07) is 19.8. The number of pyridine rings is 1. The number of amides is 1. The van der Waals surface area contributed by atoms with E-state index in [1.807, 2.05) is 56.3 Å². The number of nitrogens with one attached hydrogen (secondary N) is 1. The van der Waals surface area contributed by atoms with E-state index < -0.39 is 15.5 Å². The normalized spacial score (nSPS) is 14.1. The van der Waals surface area contributed by atoms with Gasteiger partial charge in [0.15, 0.2) is 0 Å². The van der Waals surface area contributed by atoms with E-state index in [0.29, 0.717) is 37.4 Å². The van der Waals surface area contributed by atoms with Crippen LogP contribution in [0, 0.1) is 13.8 Å². The van der Waals surface area contributed by atoms with E-state index in [1.54, 1.807) is 17.0 Å². The molecule has 0 radical (unpaired) electrons. The Hall–Kier alpha value is -4.11. The summed E-state index contributed by atoms with van der Waals surface area (Å²) in [6.45, 7) is 6.18. The van der Waals surface area contributed by atoms with Crippen LogP contribution in [-0.4, -0.2) is 57.4 Å². The highest BCUT2D eigenvalue weighted by Gasteiger charge is 2.26. The number of para-hydroxylation sites is 1. The van der Waals surface area contributed by atoms with E-state index in [1.165, 1.54) is 29.7 Å². The maximum absolute atomic E-state index is 13.4. The highest BCUT2D eigenvalue weighted by molar-refractivity contribution is 7.92. The molecule has 0 unspecified atom stereocenters. The number of hydrogen-bond acceptors (Lipinski definition) is 5. The lowest BCUT2D eigenvalue weighted by molar-refractivity contribution is 0.0745. The van der Waals surface area contributed by atoms with Crippen LogP contribution in [0.15, 0.2) is 82.6 Å². The fraction of sp³-hybridized carbons (Fsp3) is 0.241. The Balaban J connectivity index is 1.41. The predicted octanol–water partition coefficient (Wildman–Crippen LogP) is 3.93. The molecule has 9 heteroatoms. The van der Waals surface area contributed by atoms with Gasteiger partial charge in [0.05, 0.1) is 10.6 Å². The van der Waals surface area contributed by atoms with Gasteiger partial charge in [-0.05, 0) is 67.4 Å². The lowest BCUT2D eigenvalue weighted by atomic mass is 10.1. The van der Waals surface area contributed by atoms with E-state index in [-0.39, 0.29) is 21.8 Å². The molecule has 1 aliphatic rings. The van der Waals surface area contributed by atoms with Gasteiger partial charge in [0, 0.05) is 56.0 Å². The summed E-state index contributed by atoms with van der Waals surface area (Å²) in [7, 11) is -2.45. The van der Waals surface area contributed by atoms with Gasteiger partial charge < -0.3 is 14.8 Å². The average Bonchev–Trinajstić information content (AvgIpc) is 2.94. The second-order valence-corrected chi connectivity index (χ2v) is 11.6. The molecule has 0 atom stereocenters. The second kappa shape index (κ2) is 9.98. The highest BCUT2D eigenvalue weighted by atomic mass is 32.2. The Morgan fingerprint density at radius 2 is 1.61 bits per heavy atom. The molecule has 0 aliphatic carbocycles. The van der Waals surface area contributed by atoms with Crippen molar-refractivity contribution >= 4 is 38.2 Å². The standard InChI is InChI=1S/C29H30N4O4S/c1-20-9-10-23(17-21(20)2)31(3)38(36,37)24-11-12-27-25(18-24)28(34)26(19-30-27)29(35)33-15-13-32(14-16-33)22-7-5-4-6-8-22/h4-12,17-19H,13-16H2,1-3H3,(H,30,34). The number of hydrogen-bond donors (Lipinski definition) is 1. The third kappa shape index (κ3) is 4.65. The molecule has 1 saturated heterocycles. The van der Waals surface area contributed by atoms with Crippen molar-refractivity contribution in [1.82, 2.24) is 9.88 Å². The first-order valence-corrected chi connectivity index (χ1v) is 13.9. The molecule has 1 amide bonds. The molecule has 38 heavy (non-hydrogen) atoms. The maximum atomic E-state index is 13.4. The quantitative estimate of drug-likeness (QED) is 0.422. The number of aryl methyl sites for hydroxylation is 2. The molecule has 0 spiro atoms. The number of carbonyl (C=O) groups excluding carboxylic acids is 1. The van der Waals surface area contributed by atoms with Crippen LogP contribution in [0.2, 0.25) is 0 Å². The zero-order valence-electron chi connectivity index (χ0n) is 21.6. The summed E-state index contributed by atoms with van der Waals surface area (Å²) < 4.78 is 28.1. The maximum Gasteiger partial charge on any atom is 0.264 e. The van der Waals surface area contributed by atoms with Crippen molar-refractivity contribution in [3.05, 3.63) is 99.8 Å². The summed E-state index contributed by atoms with van der Waals surface area (Å²) in [4.78, 5) is 33.6. The number of carbonyl (C=O) groups is 1. The van der Waals surface area contributed by atoms with Gasteiger partial charge in [-0.15, -0.1) is 0 Å². The zero-order chi connectivity index (χ0) is 27.0. The van der Waals surface area contributed by atoms with Gasteiger partial charge in [0.2, 0.25) is 5.43 Å². The van der Waals surface area contributed by atoms with Gasteiger partial charge >= 0.3 is 0 Å². The number of sulfonamides is 1. The minimum atomic E-state index is -3.94. The SMILES string of the molecule is Cc1ccc(N(C)S(=O)(=O)c2ccc3[nH]cc(C(=O)N4CCN(c5ccccc5)CC4)c(=O)c3c2)cc1C. The van der Waals surface area contributed by atoms with E-state index in [9.17, 15) is 18.0 Å². The molecule has 3 aromatic carbocycles. The van der Waals surface area contributed by atoms with Crippen LogP contribution in [0.3, 0.4) is 0 Å². The molecular formula is C29H30N4O4S. The van der Waals surface area contributed by atoms with Gasteiger partial charge in [0.1, 0.15) is 5.56 Å². The van der Waals surface area contributed by atoms with Crippen LogP contribution in [0.5, 0.6) is 0 Å². The van der Waals surface area contributed by atoms with Crippen LogP contribution in [0.4, 0.5) is 11.4 Å². The minimum absolute atomic E-state index is 0.00252. The van der Waals surface area contributed by atoms with Crippen molar-refractivity contribution in [3.8, 4) is 0 Å². The summed E-state index contributed by atoms with van der Waals surface area (Å²) in [5.74, 6) is -0.360. The third-order valence-corrected chi connectivity index (χ3v) is 9.06. The Morgan fingerprint density at radius 1 is 0.895 bits per heavy atom. The number of aromatic nitrogens is 1. The number of nitrogens with zero attached hydrogens (tertiary/aromatic N) is 3. The molecule has 1 aromatic heterocycles. The van der Waals surface area contributed by atoms with Crippen LogP contribution < -0.4 is 14.6 Å². The van der Waals surface area contributed by atoms with Gasteiger partial charge in [-0.1, -0.05) is 24.3 Å². The third-order valence-electron chi connectivity index (χ3n) is 7.28. The summed E-state index contributed by atoms with van der Waals surface area (Å²) in [5, 5.41) is 0.160. The number of piperazine rings is 1. The topological polar surface area (TPSA) is 93.8 Å². The van der Waals surface area contributed by atoms with Crippen molar-refractivity contribution in [2.45, 2.75) is 18.7 Å². The molecule has 1 fully saturated rings. The van der Waals surface area contributed by atoms with Crippen molar-refractivity contribution in [2.75, 3.05) is 42.4 Å². The molecule has 4 aromatic rings. The first-order valence-electron chi connectivity index (χ1n) is 12.5. The number of aromatic amines is 1. The highest BCUT2D eigenvalue weighted by Crippen LogP contribution is 2.26. The molecule has 0 bridgehead atoms. The molecule has 8 nitrogen and oxygen atoms in total. The Labute approximate surface area is 222 Å². The number of H-pyrrole nitrogens is 1. The van der Waals surface area contributed by atoms with Gasteiger partial charge in [0.25, 0.3) is 15.9 Å². The lowest BCUT2D eigenvalue weighted by Crippen LogP contribution is -2.49. The monoisotopic (exact) mass is 530 g/mol. The average molecular weight is 531 g/mol. The Kier molecular flexibility index (Phi) is 6.71. The van der Waals surface area contributed by atoms with Crippen LogP contribution >= 0.6 is 0 Å². The van der Waals surface area contributed by atoms with Gasteiger partial charge in [-0.3, -0.25) is 13.9 Å². The molecule has 1 N–H and O–H groups in total. The van der Waals surface area contributed by atoms with Crippen LogP contribution in [0.1, 0.15) is 21.5 Å². The second-order valence-electron chi connectivity index (χ2n) is 9.59. The minimum Gasteiger partial charge on any atom is -0.368 e. The van der Waals surface area contributed by atoms with E-state index in [4.69, 9.17) is 0 Å². The number of benzene rings is 3. The predicted molar refractivity (Wildman–Crippen MR) is 151 cm³/mol. The lowest BCUT2D eigenvalue weighted by Gasteiger charge is -2.36. The van der Waals surface area contributed by atoms with Crippen molar-refractivity contribution in [3.63, 3.8) is 0 Å². The number of rotatable bonds is 5. The number of fused-ring (bicyclic) bond motifs is 1. The molecule has 1 aliphatic heterocycles. The molecule has 196 valence electrons. The smallest absolute Gasteiger partial charge is 0.264 e. The van der Waals surface area contributed by atoms with E-state index >= 15 is 0 Å².